The molecule has 2 bridgehead atoms. The van der Waals surface area contributed by atoms with Gasteiger partial charge in [-0.2, -0.15) is 5.11 Å². The minimum atomic E-state index is -0.930. The summed E-state index contributed by atoms with van der Waals surface area (Å²) in [6, 6.07) is 7.25. The second-order valence-corrected chi connectivity index (χ2v) is 9.37. The number of nitrogens with one attached hydrogen (secondary N) is 2. The zero-order chi connectivity index (χ0) is 22.9. The molecule has 0 radical (unpaired) electrons. The fourth-order valence-corrected chi connectivity index (χ4v) is 5.67. The molecule has 4 rings (SSSR count). The number of anilines is 1. The van der Waals surface area contributed by atoms with E-state index in [9.17, 15) is 9.70 Å². The number of nitroso groups, excluding NO2 is 1. The molecule has 0 spiro atoms. The van der Waals surface area contributed by atoms with Crippen LogP contribution in [0.5, 0.6) is 0 Å². The molecule has 32 heavy (non-hydrogen) atoms. The summed E-state index contributed by atoms with van der Waals surface area (Å²) in [7, 11) is 3.81. The predicted octanol–water partition coefficient (Wildman–Crippen LogP) is 4.66. The van der Waals surface area contributed by atoms with Crippen LogP contribution in [-0.4, -0.2) is 48.2 Å². The van der Waals surface area contributed by atoms with E-state index < -0.39 is 5.54 Å². The fraction of sp³-hybridized carbons (Fsp3) is 0.409. The largest absolute Gasteiger partial charge is 0.363 e. The van der Waals surface area contributed by atoms with Crippen LogP contribution in [0.4, 0.5) is 5.82 Å². The van der Waals surface area contributed by atoms with Gasteiger partial charge in [-0.05, 0) is 31.0 Å². The molecule has 2 aromatic heterocycles. The van der Waals surface area contributed by atoms with E-state index in [1.54, 1.807) is 11.4 Å². The topological polar surface area (TPSA) is 126 Å². The summed E-state index contributed by atoms with van der Waals surface area (Å²) in [5.41, 5.74) is 7.77. The number of hydrogen-bond acceptors (Lipinski definition) is 9. The number of hydrogen-bond donors (Lipinski definition) is 2. The molecule has 2 fully saturated rings. The number of carbonyl (C=O) groups is 1. The molecule has 9 nitrogen and oxygen atoms in total. The van der Waals surface area contributed by atoms with Crippen LogP contribution in [0.1, 0.15) is 46.6 Å². The molecule has 10 heteroatoms. The lowest BCUT2D eigenvalue weighted by Crippen LogP contribution is -2.51. The smallest absolute Gasteiger partial charge is 0.255 e. The van der Waals surface area contributed by atoms with E-state index in [1.165, 1.54) is 17.5 Å². The van der Waals surface area contributed by atoms with Gasteiger partial charge in [-0.15, -0.1) is 16.2 Å². The minimum Gasteiger partial charge on any atom is -0.363 e. The van der Waals surface area contributed by atoms with Gasteiger partial charge in [0, 0.05) is 61.1 Å². The summed E-state index contributed by atoms with van der Waals surface area (Å²) in [6.45, 7) is 0. The molecule has 4 heterocycles. The van der Waals surface area contributed by atoms with Crippen molar-refractivity contribution in [3.05, 3.63) is 56.9 Å². The fourth-order valence-electron chi connectivity index (χ4n) is 4.81. The Bertz CT molecular complexity index is 1080. The number of allylic oxidation sites excluding steroid dienone is 1. The van der Waals surface area contributed by atoms with Gasteiger partial charge in [-0.1, -0.05) is 11.2 Å². The second-order valence-electron chi connectivity index (χ2n) is 8.46. The number of aromatic nitrogens is 1. The van der Waals surface area contributed by atoms with Crippen molar-refractivity contribution in [3.63, 3.8) is 0 Å². The molecule has 2 N–H and O–H groups in total. The van der Waals surface area contributed by atoms with Gasteiger partial charge in [0.25, 0.3) is 5.91 Å². The third-order valence-corrected chi connectivity index (χ3v) is 7.31. The number of carbonyl (C=O) groups excluding carboxylic acids is 1. The monoisotopic (exact) mass is 451 g/mol. The molecular formula is C22H25N7O2S. The highest BCUT2D eigenvalue weighted by Crippen LogP contribution is 2.48. The van der Waals surface area contributed by atoms with Crippen LogP contribution >= 0.6 is 11.3 Å². The molecule has 0 aromatic carbocycles. The van der Waals surface area contributed by atoms with E-state index in [0.29, 0.717) is 29.7 Å². The SMILES string of the molecule is CN(C)c1cccc(C2(N=O)CC3CCC(C2)N3C(=O)c2csc(/C(C=N)=C/N=N)c2)n1. The van der Waals surface area contributed by atoms with Crippen LogP contribution in [0.3, 0.4) is 0 Å². The predicted molar refractivity (Wildman–Crippen MR) is 124 cm³/mol. The van der Waals surface area contributed by atoms with Crippen molar-refractivity contribution in [2.75, 3.05) is 19.0 Å². The second kappa shape index (κ2) is 8.70. The number of nitrogens with zero attached hydrogens (tertiary/aromatic N) is 5. The number of thiophene rings is 1. The Labute approximate surface area is 190 Å². The van der Waals surface area contributed by atoms with Crippen LogP contribution in [0.25, 0.3) is 5.57 Å². The van der Waals surface area contributed by atoms with E-state index in [0.717, 1.165) is 29.8 Å². The Morgan fingerprint density at radius 2 is 2.03 bits per heavy atom. The average Bonchev–Trinajstić information content (AvgIpc) is 3.40. The minimum absolute atomic E-state index is 0.0679. The molecule has 166 valence electrons. The maximum Gasteiger partial charge on any atom is 0.255 e. The molecule has 0 aliphatic carbocycles. The summed E-state index contributed by atoms with van der Waals surface area (Å²) in [4.78, 5) is 34.8. The van der Waals surface area contributed by atoms with E-state index >= 15 is 0 Å². The average molecular weight is 452 g/mol. The summed E-state index contributed by atoms with van der Waals surface area (Å²) < 4.78 is 0. The van der Waals surface area contributed by atoms with Crippen molar-refractivity contribution in [1.29, 1.82) is 10.9 Å². The molecule has 2 unspecified atom stereocenters. The van der Waals surface area contributed by atoms with Crippen molar-refractivity contribution >= 4 is 34.8 Å². The molecule has 1 amide bonds. The highest BCUT2D eigenvalue weighted by Gasteiger charge is 2.53. The van der Waals surface area contributed by atoms with Gasteiger partial charge >= 0.3 is 0 Å². The van der Waals surface area contributed by atoms with E-state index in [4.69, 9.17) is 15.9 Å². The van der Waals surface area contributed by atoms with Gasteiger partial charge in [0.15, 0.2) is 0 Å². The van der Waals surface area contributed by atoms with Crippen molar-refractivity contribution in [3.8, 4) is 0 Å². The van der Waals surface area contributed by atoms with E-state index in [1.807, 2.05) is 42.1 Å². The number of amides is 1. The summed E-state index contributed by atoms with van der Waals surface area (Å²) in [5.74, 6) is 0.707. The Balaban J connectivity index is 1.60. The van der Waals surface area contributed by atoms with Crippen LogP contribution < -0.4 is 4.90 Å². The Kier molecular flexibility index (Phi) is 5.96. The Morgan fingerprint density at radius 1 is 1.31 bits per heavy atom. The quantitative estimate of drug-likeness (QED) is 0.361. The summed E-state index contributed by atoms with van der Waals surface area (Å²) in [6.07, 6.45) is 5.01. The molecule has 2 aromatic rings. The van der Waals surface area contributed by atoms with Crippen LogP contribution in [0, 0.1) is 15.8 Å². The number of fused-ring (bicyclic) bond motifs is 2. The maximum atomic E-state index is 13.4. The number of rotatable bonds is 7. The van der Waals surface area contributed by atoms with Crippen molar-refractivity contribution in [2.24, 2.45) is 10.3 Å². The van der Waals surface area contributed by atoms with Gasteiger partial charge in [0.1, 0.15) is 11.4 Å². The zero-order valence-electron chi connectivity index (χ0n) is 18.0. The van der Waals surface area contributed by atoms with Crippen LogP contribution in [-0.2, 0) is 5.54 Å². The molecular weight excluding hydrogens is 426 g/mol. The summed E-state index contributed by atoms with van der Waals surface area (Å²) in [5, 5.41) is 16.1. The van der Waals surface area contributed by atoms with Gasteiger partial charge in [0.2, 0.25) is 0 Å². The Morgan fingerprint density at radius 3 is 2.62 bits per heavy atom. The molecule has 0 saturated carbocycles. The third-order valence-electron chi connectivity index (χ3n) is 6.34. The van der Waals surface area contributed by atoms with Crippen molar-refractivity contribution in [1.82, 2.24) is 9.88 Å². The van der Waals surface area contributed by atoms with Gasteiger partial charge in [-0.3, -0.25) is 4.79 Å². The van der Waals surface area contributed by atoms with Gasteiger partial charge < -0.3 is 15.2 Å². The first-order valence-corrected chi connectivity index (χ1v) is 11.3. The number of pyridine rings is 1. The molecule has 2 aliphatic heterocycles. The van der Waals surface area contributed by atoms with E-state index in [2.05, 4.69) is 10.3 Å². The molecule has 2 saturated heterocycles. The van der Waals surface area contributed by atoms with E-state index in [-0.39, 0.29) is 18.0 Å². The standard InChI is InChI=1S/C22H25N7O2S/c1-28(2)20-5-3-4-19(26-20)22(27-31)9-16-6-7-17(10-22)29(16)21(30)14-8-18(32-13-14)15(11-23)12-25-24/h3-5,8,11-13,16-17,23-24H,6-7,9-10H2,1-2H3/b15-12+,23-11?,25-24?. The third kappa shape index (κ3) is 3.75. The normalized spacial score (nSPS) is 24.8. The lowest BCUT2D eigenvalue weighted by Gasteiger charge is -2.42. The van der Waals surface area contributed by atoms with Crippen molar-refractivity contribution < 1.29 is 4.79 Å². The highest BCUT2D eigenvalue weighted by molar-refractivity contribution is 7.11. The molecule has 2 atom stereocenters. The first kappa shape index (κ1) is 21.9. The lowest BCUT2D eigenvalue weighted by molar-refractivity contribution is 0.0476. The highest BCUT2D eigenvalue weighted by atomic mass is 32.1. The van der Waals surface area contributed by atoms with Crippen LogP contribution in [0.15, 0.2) is 46.1 Å². The van der Waals surface area contributed by atoms with Crippen LogP contribution in [0.2, 0.25) is 0 Å². The Hall–Kier alpha value is -3.27. The first-order valence-electron chi connectivity index (χ1n) is 10.4. The van der Waals surface area contributed by atoms with Crippen molar-refractivity contribution in [2.45, 2.75) is 43.3 Å². The maximum absolute atomic E-state index is 13.4. The van der Waals surface area contributed by atoms with Gasteiger partial charge in [0.05, 0.1) is 17.5 Å². The van der Waals surface area contributed by atoms with Gasteiger partial charge in [-0.25, -0.2) is 10.5 Å². The first-order chi connectivity index (χ1) is 15.4. The summed E-state index contributed by atoms with van der Waals surface area (Å²) >= 11 is 1.35. The lowest BCUT2D eigenvalue weighted by atomic mass is 9.80. The molecule has 2 aliphatic rings. The number of piperidine rings is 1. The zero-order valence-corrected chi connectivity index (χ0v) is 18.8.